The van der Waals surface area contributed by atoms with Crippen molar-refractivity contribution in [3.05, 3.63) is 72.3 Å². The molecule has 0 saturated carbocycles. The number of hydrogen-bond donors (Lipinski definition) is 1. The predicted molar refractivity (Wildman–Crippen MR) is 125 cm³/mol. The third-order valence-electron chi connectivity index (χ3n) is 5.95. The molecule has 2 aromatic heterocycles. The summed E-state index contributed by atoms with van der Waals surface area (Å²) in [6.45, 7) is 6.84. The molecule has 2 heterocycles. The molecular weight excluding hydrogens is 358 g/mol. The number of rotatable bonds is 0. The van der Waals surface area contributed by atoms with Crippen LogP contribution in [0.3, 0.4) is 0 Å². The van der Waals surface area contributed by atoms with Crippen molar-refractivity contribution in [3.8, 4) is 0 Å². The third kappa shape index (κ3) is 2.18. The average molecular weight is 380 g/mol. The lowest BCUT2D eigenvalue weighted by Gasteiger charge is -2.18. The van der Waals surface area contributed by atoms with Crippen LogP contribution in [0.1, 0.15) is 26.3 Å². The molecule has 2 heteroatoms. The van der Waals surface area contributed by atoms with Crippen LogP contribution < -0.4 is 0 Å². The molecule has 0 bridgehead atoms. The topological polar surface area (TPSA) is 15.8 Å². The first-order chi connectivity index (χ1) is 13.5. The van der Waals surface area contributed by atoms with Gasteiger partial charge in [0.05, 0.1) is 5.52 Å². The molecule has 0 atom stereocenters. The molecule has 6 rings (SSSR count). The summed E-state index contributed by atoms with van der Waals surface area (Å²) in [6.07, 6.45) is 0. The first-order valence-corrected chi connectivity index (χ1v) is 10.6. The SMILES string of the molecule is CC(C)(C)c1ccc2sc3cc4c(cc3c2c1)[nH]c1c2ccccc2ccc41. The Morgan fingerprint density at radius 1 is 0.679 bits per heavy atom. The van der Waals surface area contributed by atoms with Crippen LogP contribution >= 0.6 is 11.3 Å². The highest BCUT2D eigenvalue weighted by Crippen LogP contribution is 2.40. The van der Waals surface area contributed by atoms with Gasteiger partial charge in [-0.15, -0.1) is 11.3 Å². The summed E-state index contributed by atoms with van der Waals surface area (Å²) in [7, 11) is 0. The van der Waals surface area contributed by atoms with E-state index in [0.29, 0.717) is 0 Å². The summed E-state index contributed by atoms with van der Waals surface area (Å²) < 4.78 is 2.73. The third-order valence-corrected chi connectivity index (χ3v) is 7.09. The van der Waals surface area contributed by atoms with E-state index in [4.69, 9.17) is 0 Å². The maximum Gasteiger partial charge on any atom is 0.0544 e. The van der Waals surface area contributed by atoms with Gasteiger partial charge in [0.25, 0.3) is 0 Å². The number of H-pyrrole nitrogens is 1. The maximum absolute atomic E-state index is 3.72. The van der Waals surface area contributed by atoms with E-state index in [0.717, 1.165) is 0 Å². The second-order valence-electron chi connectivity index (χ2n) is 8.79. The van der Waals surface area contributed by atoms with Crippen molar-refractivity contribution < 1.29 is 0 Å². The minimum atomic E-state index is 0.159. The monoisotopic (exact) mass is 379 g/mol. The van der Waals surface area contributed by atoms with E-state index in [9.17, 15) is 0 Å². The van der Waals surface area contributed by atoms with Crippen molar-refractivity contribution in [2.75, 3.05) is 0 Å². The van der Waals surface area contributed by atoms with Crippen LogP contribution in [0.5, 0.6) is 0 Å². The molecule has 136 valence electrons. The Labute approximate surface area is 167 Å². The molecule has 0 aliphatic heterocycles. The lowest BCUT2D eigenvalue weighted by atomic mass is 9.86. The smallest absolute Gasteiger partial charge is 0.0544 e. The van der Waals surface area contributed by atoms with Gasteiger partial charge in [0.15, 0.2) is 0 Å². The fourth-order valence-corrected chi connectivity index (χ4v) is 5.49. The fourth-order valence-electron chi connectivity index (χ4n) is 4.38. The van der Waals surface area contributed by atoms with E-state index in [1.165, 1.54) is 58.3 Å². The highest BCUT2D eigenvalue weighted by atomic mass is 32.1. The summed E-state index contributed by atoms with van der Waals surface area (Å²) in [6, 6.07) is 24.8. The van der Waals surface area contributed by atoms with E-state index in [-0.39, 0.29) is 5.41 Å². The van der Waals surface area contributed by atoms with Crippen LogP contribution in [0.25, 0.3) is 52.8 Å². The van der Waals surface area contributed by atoms with Crippen LogP contribution in [0.4, 0.5) is 0 Å². The van der Waals surface area contributed by atoms with E-state index in [1.54, 1.807) is 0 Å². The van der Waals surface area contributed by atoms with Gasteiger partial charge in [0, 0.05) is 41.8 Å². The van der Waals surface area contributed by atoms with Crippen molar-refractivity contribution in [2.24, 2.45) is 0 Å². The van der Waals surface area contributed by atoms with Crippen molar-refractivity contribution in [1.82, 2.24) is 4.98 Å². The zero-order chi connectivity index (χ0) is 19.0. The lowest BCUT2D eigenvalue weighted by molar-refractivity contribution is 0.591. The van der Waals surface area contributed by atoms with Crippen LogP contribution in [0, 0.1) is 0 Å². The number of thiophene rings is 1. The Morgan fingerprint density at radius 3 is 2.36 bits per heavy atom. The van der Waals surface area contributed by atoms with E-state index < -0.39 is 0 Å². The largest absolute Gasteiger partial charge is 0.354 e. The van der Waals surface area contributed by atoms with Gasteiger partial charge in [-0.1, -0.05) is 63.2 Å². The summed E-state index contributed by atoms with van der Waals surface area (Å²) in [4.78, 5) is 3.72. The number of hydrogen-bond acceptors (Lipinski definition) is 1. The van der Waals surface area contributed by atoms with Gasteiger partial charge in [0.2, 0.25) is 0 Å². The summed E-state index contributed by atoms with van der Waals surface area (Å²) in [5.74, 6) is 0. The Morgan fingerprint density at radius 2 is 1.50 bits per heavy atom. The summed E-state index contributed by atoms with van der Waals surface area (Å²) in [5.41, 5.74) is 4.01. The van der Waals surface area contributed by atoms with Crippen LogP contribution in [-0.4, -0.2) is 4.98 Å². The summed E-state index contributed by atoms with van der Waals surface area (Å²) >= 11 is 1.90. The molecule has 0 amide bonds. The fraction of sp³-hybridized carbons (Fsp3) is 0.154. The molecule has 28 heavy (non-hydrogen) atoms. The van der Waals surface area contributed by atoms with Gasteiger partial charge < -0.3 is 4.98 Å². The molecule has 0 aliphatic carbocycles. The van der Waals surface area contributed by atoms with Crippen molar-refractivity contribution in [3.63, 3.8) is 0 Å². The number of aromatic nitrogens is 1. The summed E-state index contributed by atoms with van der Waals surface area (Å²) in [5, 5.41) is 7.93. The standard InChI is InChI=1S/C26H21NS/c1-26(2,3)16-9-11-23-20(12-16)21-13-22-19(14-24(21)28-23)18-10-8-15-6-4-5-7-17(15)25(18)27-22/h4-14,27H,1-3H3. The number of fused-ring (bicyclic) bond motifs is 8. The zero-order valence-corrected chi connectivity index (χ0v) is 17.1. The Hall–Kier alpha value is -2.84. The number of benzene rings is 4. The Balaban J connectivity index is 1.72. The van der Waals surface area contributed by atoms with Crippen LogP contribution in [0.15, 0.2) is 66.7 Å². The first kappa shape index (κ1) is 16.1. The molecule has 0 unspecified atom stereocenters. The molecule has 0 radical (unpaired) electrons. The molecule has 1 nitrogen and oxygen atoms in total. The zero-order valence-electron chi connectivity index (χ0n) is 16.3. The van der Waals surface area contributed by atoms with Gasteiger partial charge in [-0.3, -0.25) is 0 Å². The molecule has 1 N–H and O–H groups in total. The normalized spacial score (nSPS) is 12.8. The Bertz CT molecular complexity index is 1540. The second-order valence-corrected chi connectivity index (χ2v) is 9.87. The first-order valence-electron chi connectivity index (χ1n) is 9.79. The average Bonchev–Trinajstić information content (AvgIpc) is 3.22. The maximum atomic E-state index is 3.72. The molecule has 4 aromatic carbocycles. The minimum Gasteiger partial charge on any atom is -0.354 e. The highest BCUT2D eigenvalue weighted by Gasteiger charge is 2.16. The predicted octanol–water partition coefficient (Wildman–Crippen LogP) is 8.14. The van der Waals surface area contributed by atoms with Gasteiger partial charge in [-0.05, 0) is 40.6 Å². The van der Waals surface area contributed by atoms with Gasteiger partial charge >= 0.3 is 0 Å². The molecule has 0 spiro atoms. The van der Waals surface area contributed by atoms with Crippen molar-refractivity contribution in [2.45, 2.75) is 26.2 Å². The number of aromatic amines is 1. The highest BCUT2D eigenvalue weighted by molar-refractivity contribution is 7.25. The van der Waals surface area contributed by atoms with E-state index in [1.807, 2.05) is 11.3 Å². The quantitative estimate of drug-likeness (QED) is 0.274. The lowest BCUT2D eigenvalue weighted by Crippen LogP contribution is -2.10. The second kappa shape index (κ2) is 5.36. The molecule has 0 saturated heterocycles. The van der Waals surface area contributed by atoms with Crippen molar-refractivity contribution >= 4 is 64.1 Å². The molecule has 0 fully saturated rings. The van der Waals surface area contributed by atoms with Gasteiger partial charge in [-0.25, -0.2) is 0 Å². The van der Waals surface area contributed by atoms with Crippen LogP contribution in [0.2, 0.25) is 0 Å². The van der Waals surface area contributed by atoms with Gasteiger partial charge in [0.1, 0.15) is 0 Å². The number of nitrogens with one attached hydrogen (secondary N) is 1. The molecular formula is C26H21NS. The molecule has 0 aliphatic rings. The Kier molecular flexibility index (Phi) is 3.09. The van der Waals surface area contributed by atoms with E-state index >= 15 is 0 Å². The van der Waals surface area contributed by atoms with Crippen LogP contribution in [-0.2, 0) is 5.41 Å². The van der Waals surface area contributed by atoms with E-state index in [2.05, 4.69) is 92.5 Å². The minimum absolute atomic E-state index is 0.159. The van der Waals surface area contributed by atoms with Gasteiger partial charge in [-0.2, -0.15) is 0 Å². The molecule has 6 aromatic rings. The van der Waals surface area contributed by atoms with Crippen molar-refractivity contribution in [1.29, 1.82) is 0 Å².